The molecule has 267 valence electrons. The van der Waals surface area contributed by atoms with E-state index in [2.05, 4.69) is 20.4 Å². The number of amides is 1. The molecule has 0 fully saturated rings. The van der Waals surface area contributed by atoms with Crippen LogP contribution in [0.2, 0.25) is 27.3 Å². The second-order valence-corrected chi connectivity index (χ2v) is 12.6. The molecule has 0 heterocycles. The lowest BCUT2D eigenvalue weighted by molar-refractivity contribution is 0.0563. The Morgan fingerprint density at radius 1 is 0.939 bits per heavy atom. The number of alkyl carbamates (subject to hydrolysis) is 1. The summed E-state index contributed by atoms with van der Waals surface area (Å²) >= 11 is 0. The van der Waals surface area contributed by atoms with Gasteiger partial charge in [0.2, 0.25) is 0 Å². The molecule has 0 aromatic heterocycles. The monoisotopic (exact) mass is 682 g/mol. The summed E-state index contributed by atoms with van der Waals surface area (Å²) in [6.07, 6.45) is 5.13. The van der Waals surface area contributed by atoms with Crippen molar-refractivity contribution < 1.29 is 39.2 Å². The van der Waals surface area contributed by atoms with Crippen LogP contribution in [0, 0.1) is 5.41 Å². The van der Waals surface area contributed by atoms with Crippen LogP contribution in [0.1, 0.15) is 71.3 Å². The van der Waals surface area contributed by atoms with Crippen LogP contribution in [0.4, 0.5) is 4.79 Å². The van der Waals surface area contributed by atoms with Gasteiger partial charge in [-0.2, -0.15) is 0 Å². The maximum absolute atomic E-state index is 12.0. The lowest BCUT2D eigenvalue weighted by Crippen LogP contribution is -2.55. The van der Waals surface area contributed by atoms with Crippen molar-refractivity contribution in [3.63, 3.8) is 0 Å². The average Bonchev–Trinajstić information content (AvgIpc) is 2.98. The third-order valence-electron chi connectivity index (χ3n) is 6.78. The van der Waals surface area contributed by atoms with Gasteiger partial charge in [-0.1, -0.05) is 19.3 Å². The van der Waals surface area contributed by atoms with E-state index >= 15 is 0 Å². The van der Waals surface area contributed by atoms with Gasteiger partial charge >= 0.3 is 41.7 Å². The van der Waals surface area contributed by atoms with Crippen molar-refractivity contribution in [1.82, 2.24) is 20.2 Å². The molecule has 0 atom stereocenters. The lowest BCUT2D eigenvalue weighted by atomic mass is 9.81. The quantitative estimate of drug-likeness (QED) is 0.0347. The van der Waals surface area contributed by atoms with E-state index in [1.54, 1.807) is 82.0 Å². The number of hydrogen-bond acceptors (Lipinski definition) is 11. The molecular weight excluding hydrogens is 628 g/mol. The number of nitrogens with zero attached hydrogens (tertiary/aromatic N) is 4. The molecular formula is C29H53B5N7O8. The molecule has 7 N–H and O–H groups in total. The van der Waals surface area contributed by atoms with E-state index in [0.717, 1.165) is 39.5 Å². The predicted octanol–water partition coefficient (Wildman–Crippen LogP) is 1.84. The van der Waals surface area contributed by atoms with Crippen LogP contribution in [0.3, 0.4) is 0 Å². The Kier molecular flexibility index (Phi) is 20.5. The van der Waals surface area contributed by atoms with Gasteiger partial charge in [-0.3, -0.25) is 15.6 Å². The molecule has 1 rings (SSSR count). The average molecular weight is 682 g/mol. The Labute approximate surface area is 293 Å². The number of hydrogen-bond donors (Lipinski definition) is 7. The largest absolute Gasteiger partial charge is 0.494 e. The Hall–Kier alpha value is -3.47. The Bertz CT molecular complexity index is 1200. The van der Waals surface area contributed by atoms with E-state index in [-0.39, 0.29) is 18.4 Å². The van der Waals surface area contributed by atoms with Crippen LogP contribution < -0.4 is 15.3 Å². The Morgan fingerprint density at radius 2 is 1.51 bits per heavy atom. The summed E-state index contributed by atoms with van der Waals surface area (Å²) < 4.78 is 11.0. The first kappa shape index (κ1) is 43.6. The summed E-state index contributed by atoms with van der Waals surface area (Å²) in [6.45, 7) is 12.6. The molecule has 0 saturated heterocycles. The molecule has 1 aromatic carbocycles. The number of nitrogens with one attached hydrogen (secondary N) is 3. The first-order chi connectivity index (χ1) is 23.0. The van der Waals surface area contributed by atoms with Crippen molar-refractivity contribution in [3.05, 3.63) is 29.8 Å². The van der Waals surface area contributed by atoms with Gasteiger partial charge in [0.05, 0.1) is 12.4 Å². The van der Waals surface area contributed by atoms with Gasteiger partial charge in [-0.05, 0) is 91.6 Å². The van der Waals surface area contributed by atoms with Crippen molar-refractivity contribution >= 4 is 65.5 Å². The van der Waals surface area contributed by atoms with Crippen LogP contribution in [-0.2, 0) is 9.53 Å². The molecule has 0 aliphatic rings. The number of rotatable bonds is 20. The third-order valence-corrected chi connectivity index (χ3v) is 6.78. The van der Waals surface area contributed by atoms with Gasteiger partial charge in [0.1, 0.15) is 23.4 Å². The van der Waals surface area contributed by atoms with Crippen LogP contribution >= 0.6 is 0 Å². The normalized spacial score (nSPS) is 11.7. The molecule has 1 radical (unpaired) electrons. The zero-order chi connectivity index (χ0) is 37.0. The fraction of sp³-hybridized carbons (Fsp3) is 0.621. The van der Waals surface area contributed by atoms with Crippen molar-refractivity contribution in [3.8, 4) is 5.75 Å². The predicted molar refractivity (Wildman–Crippen MR) is 200 cm³/mol. The maximum atomic E-state index is 12.0. The summed E-state index contributed by atoms with van der Waals surface area (Å²) in [5.74, 6) is 1.27. The highest BCUT2D eigenvalue weighted by Crippen LogP contribution is 2.15. The van der Waals surface area contributed by atoms with Crippen LogP contribution in [0.15, 0.2) is 34.1 Å². The van der Waals surface area contributed by atoms with E-state index in [1.165, 1.54) is 0 Å². The van der Waals surface area contributed by atoms with Gasteiger partial charge < -0.3 is 54.1 Å². The molecule has 20 heteroatoms. The maximum Gasteiger partial charge on any atom is 0.429 e. The van der Waals surface area contributed by atoms with Gasteiger partial charge in [-0.15, -0.1) is 0 Å². The van der Waals surface area contributed by atoms with Crippen LogP contribution in [0.5, 0.6) is 5.75 Å². The second kappa shape index (κ2) is 23.0. The van der Waals surface area contributed by atoms with Crippen molar-refractivity contribution in [2.75, 3.05) is 19.7 Å². The first-order valence-electron chi connectivity index (χ1n) is 16.8. The third kappa shape index (κ3) is 19.3. The highest BCUT2D eigenvalue weighted by Gasteiger charge is 2.28. The summed E-state index contributed by atoms with van der Waals surface area (Å²) in [5.41, 5.74) is -0.202. The minimum atomic E-state index is -0.976. The smallest absolute Gasteiger partial charge is 0.429 e. The number of unbranched alkanes of at least 4 members (excludes halogenated alkanes) is 4. The number of carbonyl (C=O) groups excluding carboxylic acids is 2. The molecule has 0 bridgehead atoms. The molecule has 1 amide bonds. The molecule has 0 aliphatic carbocycles. The SMILES string of the molecule is CB(O)N=C(CCCCCCCN(B(C)O)C(=N[B]C=O)N(CCCOc1ccc(C(=N)NC(=O)OC(C)(C)C)cc1)B(C)O)NB(C)O. The van der Waals surface area contributed by atoms with Crippen molar-refractivity contribution in [2.45, 2.75) is 98.6 Å². The highest BCUT2D eigenvalue weighted by atomic mass is 16.6. The van der Waals surface area contributed by atoms with Crippen LogP contribution in [0.25, 0.3) is 0 Å². The number of benzene rings is 1. The molecule has 0 unspecified atom stereocenters. The lowest BCUT2D eigenvalue weighted by Gasteiger charge is -2.36. The van der Waals surface area contributed by atoms with Crippen molar-refractivity contribution in [1.29, 1.82) is 5.41 Å². The summed E-state index contributed by atoms with van der Waals surface area (Å²) in [7, 11) is -2.45. The molecule has 49 heavy (non-hydrogen) atoms. The summed E-state index contributed by atoms with van der Waals surface area (Å²) in [6, 6.07) is 6.66. The van der Waals surface area contributed by atoms with E-state index < -0.39 is 39.9 Å². The van der Waals surface area contributed by atoms with Gasteiger partial charge in [0.25, 0.3) is 0 Å². The van der Waals surface area contributed by atoms with E-state index in [1.807, 2.05) is 0 Å². The van der Waals surface area contributed by atoms with Gasteiger partial charge in [0.15, 0.2) is 5.96 Å². The number of ether oxygens (including phenoxy) is 2. The summed E-state index contributed by atoms with van der Waals surface area (Å²) in [5, 5.41) is 53.8. The van der Waals surface area contributed by atoms with E-state index in [9.17, 15) is 29.7 Å². The first-order valence-corrected chi connectivity index (χ1v) is 16.8. The van der Waals surface area contributed by atoms with Crippen molar-refractivity contribution in [2.24, 2.45) is 9.81 Å². The van der Waals surface area contributed by atoms with Crippen LogP contribution in [-0.4, -0.2) is 121 Å². The highest BCUT2D eigenvalue weighted by molar-refractivity contribution is 6.67. The minimum absolute atomic E-state index is 0.103. The molecule has 15 nitrogen and oxygen atoms in total. The van der Waals surface area contributed by atoms with Gasteiger partial charge in [-0.25, -0.2) is 4.79 Å². The standard InChI is InChI=1S/C29H53B5N7O8/c1-29(2,3)49-28(43)36-26(35)23-15-17-24(18-16-23)48-21-13-20-41(34(7)47)27(37-30-22-42)40(33(6)46)19-12-10-8-9-11-14-25(38-31(4)44)39-32(5)45/h15-18,22,44-47H,8-14,19-21H2,1-7H3,(H,38,39)(H2,35,36,43). The summed E-state index contributed by atoms with van der Waals surface area (Å²) in [4.78, 5) is 34.8. The molecule has 0 spiro atoms. The fourth-order valence-corrected chi connectivity index (χ4v) is 4.68. The minimum Gasteiger partial charge on any atom is -0.494 e. The van der Waals surface area contributed by atoms with Gasteiger partial charge in [0, 0.05) is 25.1 Å². The van der Waals surface area contributed by atoms with E-state index in [4.69, 9.17) is 14.9 Å². The number of amidine groups is 2. The zero-order valence-electron chi connectivity index (χ0n) is 30.1. The molecule has 0 saturated carbocycles. The Balaban J connectivity index is 2.71. The topological polar surface area (TPSA) is 213 Å². The molecule has 1 aromatic rings. The van der Waals surface area contributed by atoms with E-state index in [0.29, 0.717) is 49.3 Å². The number of carbonyl (C=O) groups is 2. The second-order valence-electron chi connectivity index (χ2n) is 12.6. The Morgan fingerprint density at radius 3 is 2.04 bits per heavy atom. The fourth-order valence-electron chi connectivity index (χ4n) is 4.68. The molecule has 0 aliphatic heterocycles. The zero-order valence-corrected chi connectivity index (χ0v) is 30.1. The number of guanidine groups is 1.